The number of para-hydroxylation sites is 1. The molecule has 0 fully saturated rings. The number of furan rings is 1. The second-order valence-electron chi connectivity index (χ2n) is 4.41. The number of benzene rings is 2. The first-order valence-corrected chi connectivity index (χ1v) is 6.17. The summed E-state index contributed by atoms with van der Waals surface area (Å²) in [5.41, 5.74) is 1.51. The summed E-state index contributed by atoms with van der Waals surface area (Å²) in [7, 11) is 0. The van der Waals surface area contributed by atoms with Gasteiger partial charge in [0.1, 0.15) is 17.2 Å². The first-order valence-electron chi connectivity index (χ1n) is 6.17. The van der Waals surface area contributed by atoms with Crippen molar-refractivity contribution in [3.8, 4) is 6.07 Å². The molecule has 0 saturated carbocycles. The highest BCUT2D eigenvalue weighted by Gasteiger charge is 2.06. The molecule has 0 amide bonds. The summed E-state index contributed by atoms with van der Waals surface area (Å²) in [6.45, 7) is 0.362. The quantitative estimate of drug-likeness (QED) is 0.777. The predicted octanol–water partition coefficient (Wildman–Crippen LogP) is 4.06. The second-order valence-corrected chi connectivity index (χ2v) is 4.41. The maximum atomic E-state index is 13.6. The summed E-state index contributed by atoms with van der Waals surface area (Å²) in [6, 6.07) is 15.8. The molecule has 0 aliphatic carbocycles. The lowest BCUT2D eigenvalue weighted by atomic mass is 10.2. The van der Waals surface area contributed by atoms with E-state index in [1.54, 1.807) is 0 Å². The molecule has 3 rings (SSSR count). The van der Waals surface area contributed by atoms with Crippen LogP contribution in [0.4, 0.5) is 10.1 Å². The van der Waals surface area contributed by atoms with E-state index in [1.165, 1.54) is 18.2 Å². The molecule has 0 spiro atoms. The van der Waals surface area contributed by atoms with Crippen LogP contribution in [0.5, 0.6) is 0 Å². The van der Waals surface area contributed by atoms with Gasteiger partial charge in [-0.2, -0.15) is 5.26 Å². The van der Waals surface area contributed by atoms with Gasteiger partial charge < -0.3 is 9.73 Å². The summed E-state index contributed by atoms with van der Waals surface area (Å²) < 4.78 is 19.2. The van der Waals surface area contributed by atoms with Gasteiger partial charge in [0.05, 0.1) is 23.9 Å². The summed E-state index contributed by atoms with van der Waals surface area (Å²) in [6.07, 6.45) is 0. The Labute approximate surface area is 115 Å². The molecule has 4 heteroatoms. The van der Waals surface area contributed by atoms with E-state index in [9.17, 15) is 4.39 Å². The highest BCUT2D eigenvalue weighted by Crippen LogP contribution is 2.21. The number of nitrogens with one attached hydrogen (secondary N) is 1. The van der Waals surface area contributed by atoms with Crippen molar-refractivity contribution in [1.29, 1.82) is 5.26 Å². The highest BCUT2D eigenvalue weighted by atomic mass is 19.1. The zero-order valence-electron chi connectivity index (χ0n) is 10.6. The molecule has 3 nitrogen and oxygen atoms in total. The van der Waals surface area contributed by atoms with Gasteiger partial charge in [-0.15, -0.1) is 0 Å². The minimum Gasteiger partial charge on any atom is -0.459 e. The van der Waals surface area contributed by atoms with Gasteiger partial charge >= 0.3 is 0 Å². The van der Waals surface area contributed by atoms with Gasteiger partial charge in [0.15, 0.2) is 0 Å². The Morgan fingerprint density at radius 3 is 2.80 bits per heavy atom. The molecule has 0 aliphatic rings. The van der Waals surface area contributed by atoms with Crippen LogP contribution in [0, 0.1) is 17.1 Å². The van der Waals surface area contributed by atoms with Crippen molar-refractivity contribution in [3.05, 3.63) is 65.7 Å². The van der Waals surface area contributed by atoms with Crippen molar-refractivity contribution < 1.29 is 8.81 Å². The lowest BCUT2D eigenvalue weighted by Gasteiger charge is -2.05. The number of rotatable bonds is 3. The van der Waals surface area contributed by atoms with E-state index in [4.69, 9.17) is 9.68 Å². The molecule has 20 heavy (non-hydrogen) atoms. The number of halogens is 1. The molecule has 0 saturated heterocycles. The maximum Gasteiger partial charge on any atom is 0.146 e. The minimum absolute atomic E-state index is 0.296. The average molecular weight is 266 g/mol. The van der Waals surface area contributed by atoms with E-state index in [1.807, 2.05) is 36.4 Å². The Kier molecular flexibility index (Phi) is 3.10. The van der Waals surface area contributed by atoms with Crippen LogP contribution in [-0.2, 0) is 6.54 Å². The van der Waals surface area contributed by atoms with Crippen LogP contribution >= 0.6 is 0 Å². The van der Waals surface area contributed by atoms with Crippen LogP contribution in [0.2, 0.25) is 0 Å². The lowest BCUT2D eigenvalue weighted by molar-refractivity contribution is 0.558. The Balaban J connectivity index is 1.81. The fraction of sp³-hybridized carbons (Fsp3) is 0.0625. The summed E-state index contributed by atoms with van der Waals surface area (Å²) in [5, 5.41) is 12.8. The molecular formula is C16H11FN2O. The standard InChI is InChI=1S/C16H11FN2O/c17-14-6-5-11(9-18)7-15(14)19-10-13-8-12-3-1-2-4-16(12)20-13/h1-8,19H,10H2. The number of hydrogen-bond acceptors (Lipinski definition) is 3. The van der Waals surface area contributed by atoms with Gasteiger partial charge in [0.25, 0.3) is 0 Å². The molecule has 1 heterocycles. The molecule has 98 valence electrons. The van der Waals surface area contributed by atoms with Crippen LogP contribution in [-0.4, -0.2) is 0 Å². The van der Waals surface area contributed by atoms with Crippen molar-refractivity contribution in [3.63, 3.8) is 0 Å². The SMILES string of the molecule is N#Cc1ccc(F)c(NCc2cc3ccccc3o2)c1. The topological polar surface area (TPSA) is 49.0 Å². The fourth-order valence-corrected chi connectivity index (χ4v) is 2.04. The van der Waals surface area contributed by atoms with Crippen molar-refractivity contribution in [2.45, 2.75) is 6.54 Å². The number of nitrogens with zero attached hydrogens (tertiary/aromatic N) is 1. The first-order chi connectivity index (χ1) is 9.76. The van der Waals surface area contributed by atoms with Gasteiger partial charge in [-0.3, -0.25) is 0 Å². The summed E-state index contributed by atoms with van der Waals surface area (Å²) in [4.78, 5) is 0. The molecule has 0 bridgehead atoms. The molecule has 3 aromatic rings. The number of hydrogen-bond donors (Lipinski definition) is 1. The van der Waals surface area contributed by atoms with Gasteiger partial charge in [-0.05, 0) is 30.3 Å². The van der Waals surface area contributed by atoms with Crippen molar-refractivity contribution in [2.75, 3.05) is 5.32 Å². The van der Waals surface area contributed by atoms with Crippen LogP contribution in [0.15, 0.2) is 52.9 Å². The monoisotopic (exact) mass is 266 g/mol. The Bertz CT molecular complexity index is 769. The summed E-state index contributed by atoms with van der Waals surface area (Å²) in [5.74, 6) is 0.327. The zero-order chi connectivity index (χ0) is 13.9. The third kappa shape index (κ3) is 2.34. The molecule has 0 atom stereocenters. The normalized spacial score (nSPS) is 10.4. The number of anilines is 1. The van der Waals surface area contributed by atoms with Crippen molar-refractivity contribution in [1.82, 2.24) is 0 Å². The lowest BCUT2D eigenvalue weighted by Crippen LogP contribution is -2.00. The van der Waals surface area contributed by atoms with E-state index in [0.29, 0.717) is 23.6 Å². The van der Waals surface area contributed by atoms with Gasteiger partial charge in [-0.1, -0.05) is 18.2 Å². The Morgan fingerprint density at radius 2 is 2.00 bits per heavy atom. The Hall–Kier alpha value is -2.80. The molecule has 1 N–H and O–H groups in total. The van der Waals surface area contributed by atoms with E-state index in [0.717, 1.165) is 11.0 Å². The first kappa shape index (κ1) is 12.2. The second kappa shape index (κ2) is 5.06. The van der Waals surface area contributed by atoms with Crippen LogP contribution in [0.1, 0.15) is 11.3 Å². The van der Waals surface area contributed by atoms with E-state index in [-0.39, 0.29) is 5.82 Å². The van der Waals surface area contributed by atoms with Crippen molar-refractivity contribution >= 4 is 16.7 Å². The minimum atomic E-state index is -0.389. The molecule has 1 aromatic heterocycles. The maximum absolute atomic E-state index is 13.6. The number of nitriles is 1. The Morgan fingerprint density at radius 1 is 1.15 bits per heavy atom. The van der Waals surface area contributed by atoms with Gasteiger partial charge in [0, 0.05) is 5.39 Å². The zero-order valence-corrected chi connectivity index (χ0v) is 10.6. The molecule has 0 aliphatic heterocycles. The van der Waals surface area contributed by atoms with E-state index >= 15 is 0 Å². The van der Waals surface area contributed by atoms with Gasteiger partial charge in [0.2, 0.25) is 0 Å². The summed E-state index contributed by atoms with van der Waals surface area (Å²) >= 11 is 0. The third-order valence-corrected chi connectivity index (χ3v) is 3.03. The molecular weight excluding hydrogens is 255 g/mol. The largest absolute Gasteiger partial charge is 0.459 e. The fourth-order valence-electron chi connectivity index (χ4n) is 2.04. The molecule has 0 unspecified atom stereocenters. The predicted molar refractivity (Wildman–Crippen MR) is 74.7 cm³/mol. The van der Waals surface area contributed by atoms with E-state index in [2.05, 4.69) is 5.32 Å². The van der Waals surface area contributed by atoms with Crippen LogP contribution < -0.4 is 5.32 Å². The van der Waals surface area contributed by atoms with Crippen LogP contribution in [0.25, 0.3) is 11.0 Å². The highest BCUT2D eigenvalue weighted by molar-refractivity contribution is 5.77. The van der Waals surface area contributed by atoms with Crippen molar-refractivity contribution in [2.24, 2.45) is 0 Å². The molecule has 2 aromatic carbocycles. The third-order valence-electron chi connectivity index (χ3n) is 3.03. The van der Waals surface area contributed by atoms with Crippen LogP contribution in [0.3, 0.4) is 0 Å². The average Bonchev–Trinajstić information content (AvgIpc) is 2.89. The van der Waals surface area contributed by atoms with Gasteiger partial charge in [-0.25, -0.2) is 4.39 Å². The molecule has 0 radical (unpaired) electrons. The smallest absolute Gasteiger partial charge is 0.146 e. The van der Waals surface area contributed by atoms with E-state index < -0.39 is 0 Å². The number of fused-ring (bicyclic) bond motifs is 1.